The maximum atomic E-state index is 11.9. The zero-order valence-corrected chi connectivity index (χ0v) is 16.6. The van der Waals surface area contributed by atoms with E-state index in [1.54, 1.807) is 0 Å². The second-order valence-electron chi connectivity index (χ2n) is 5.01. The van der Waals surface area contributed by atoms with Crippen molar-refractivity contribution in [2.24, 2.45) is 0 Å². The van der Waals surface area contributed by atoms with E-state index in [4.69, 9.17) is 55.9 Å². The van der Waals surface area contributed by atoms with E-state index in [2.05, 4.69) is 5.32 Å². The van der Waals surface area contributed by atoms with Gasteiger partial charge in [0.15, 0.2) is 4.84 Å². The van der Waals surface area contributed by atoms with Crippen molar-refractivity contribution in [2.45, 2.75) is 17.0 Å². The van der Waals surface area contributed by atoms with Gasteiger partial charge in [-0.25, -0.2) is 0 Å². The molecule has 11 heteroatoms. The van der Waals surface area contributed by atoms with Crippen molar-refractivity contribution in [3.8, 4) is 0 Å². The molecule has 2 atom stereocenters. The molecule has 1 aromatic rings. The lowest BCUT2D eigenvalue weighted by Crippen LogP contribution is -2.45. The fraction of sp³-hybridized carbons (Fsp3) is 0.533. The van der Waals surface area contributed by atoms with E-state index in [9.17, 15) is 14.9 Å². The number of rotatable bonds is 12. The zero-order chi connectivity index (χ0) is 19.5. The summed E-state index contributed by atoms with van der Waals surface area (Å²) in [7, 11) is 0. The summed E-state index contributed by atoms with van der Waals surface area (Å²) in [5.74, 6) is -0.117. The maximum absolute atomic E-state index is 11.9. The summed E-state index contributed by atoms with van der Waals surface area (Å²) >= 11 is 22.5. The van der Waals surface area contributed by atoms with Gasteiger partial charge in [0.25, 0.3) is 11.6 Å². The van der Waals surface area contributed by atoms with Crippen LogP contribution in [-0.4, -0.2) is 53.3 Å². The lowest BCUT2D eigenvalue weighted by atomic mass is 10.0. The lowest BCUT2D eigenvalue weighted by molar-refractivity contribution is -0.384. The number of benzene rings is 1. The van der Waals surface area contributed by atoms with Crippen LogP contribution in [0, 0.1) is 10.1 Å². The van der Waals surface area contributed by atoms with Gasteiger partial charge in [0.05, 0.1) is 30.8 Å². The third-order valence-electron chi connectivity index (χ3n) is 3.22. The Morgan fingerprint density at radius 1 is 1.15 bits per heavy atom. The smallest absolute Gasteiger partial charge is 0.269 e. The van der Waals surface area contributed by atoms with E-state index in [-0.39, 0.29) is 37.3 Å². The minimum atomic E-state index is -1.27. The Hall–Kier alpha value is -0.830. The molecule has 0 aromatic heterocycles. The highest BCUT2D eigenvalue weighted by Crippen LogP contribution is 2.25. The summed E-state index contributed by atoms with van der Waals surface area (Å²) < 4.78 is 11.2. The molecule has 0 radical (unpaired) electrons. The van der Waals surface area contributed by atoms with Crippen LogP contribution < -0.4 is 5.32 Å². The number of alkyl halides is 4. The number of hydrogen-bond donors (Lipinski definition) is 1. The number of nitro groups is 1. The van der Waals surface area contributed by atoms with E-state index in [0.29, 0.717) is 5.56 Å². The molecule has 2 unspecified atom stereocenters. The molecule has 1 rings (SSSR count). The molecule has 0 heterocycles. The van der Waals surface area contributed by atoms with Crippen LogP contribution in [0.2, 0.25) is 0 Å². The third-order valence-corrected chi connectivity index (χ3v) is 3.92. The van der Waals surface area contributed by atoms with Gasteiger partial charge in [0, 0.05) is 23.9 Å². The Balaban J connectivity index is 3.06. The highest BCUT2D eigenvalue weighted by molar-refractivity contribution is 6.53. The first-order chi connectivity index (χ1) is 12.4. The highest BCUT2D eigenvalue weighted by Gasteiger charge is 2.28. The predicted molar refractivity (Wildman–Crippen MR) is 101 cm³/mol. The zero-order valence-electron chi connectivity index (χ0n) is 13.6. The van der Waals surface area contributed by atoms with Crippen molar-refractivity contribution >= 4 is 58.0 Å². The van der Waals surface area contributed by atoms with Crippen molar-refractivity contribution in [1.29, 1.82) is 0 Å². The first-order valence-corrected chi connectivity index (χ1v) is 9.49. The molecule has 146 valence electrons. The largest absolute Gasteiger partial charge is 0.378 e. The third kappa shape index (κ3) is 7.82. The van der Waals surface area contributed by atoms with E-state index in [0.717, 1.165) is 0 Å². The molecule has 26 heavy (non-hydrogen) atoms. The molecule has 1 aromatic carbocycles. The van der Waals surface area contributed by atoms with E-state index in [1.165, 1.54) is 24.3 Å². The first kappa shape index (κ1) is 23.2. The average Bonchev–Trinajstić information content (AvgIpc) is 2.62. The number of nitrogens with one attached hydrogen (secondary N) is 1. The summed E-state index contributed by atoms with van der Waals surface area (Å²) in [6.07, 6.45) is -0.680. The maximum Gasteiger partial charge on any atom is 0.269 e. The molecule has 1 amide bonds. The molecule has 1 N–H and O–H groups in total. The van der Waals surface area contributed by atoms with Crippen LogP contribution in [0.3, 0.4) is 0 Å². The molecule has 0 bridgehead atoms. The SMILES string of the molecule is O=C(NC(COCCCl)C(OCCCl)c1ccc([N+](=O)[O-])cc1)C(Cl)Cl. The monoisotopic (exact) mass is 446 g/mol. The van der Waals surface area contributed by atoms with E-state index < -0.39 is 27.8 Å². The van der Waals surface area contributed by atoms with Crippen molar-refractivity contribution in [2.75, 3.05) is 31.6 Å². The van der Waals surface area contributed by atoms with Gasteiger partial charge in [-0.1, -0.05) is 23.2 Å². The Morgan fingerprint density at radius 3 is 2.27 bits per heavy atom. The van der Waals surface area contributed by atoms with Crippen molar-refractivity contribution in [3.05, 3.63) is 39.9 Å². The molecule has 0 aliphatic rings. The van der Waals surface area contributed by atoms with Crippen LogP contribution in [0.25, 0.3) is 0 Å². The lowest BCUT2D eigenvalue weighted by Gasteiger charge is -2.28. The normalized spacial score (nSPS) is 13.4. The van der Waals surface area contributed by atoms with Gasteiger partial charge >= 0.3 is 0 Å². The quantitative estimate of drug-likeness (QED) is 0.229. The first-order valence-electron chi connectivity index (χ1n) is 7.54. The molecule has 7 nitrogen and oxygen atoms in total. The van der Waals surface area contributed by atoms with Gasteiger partial charge in [-0.05, 0) is 17.7 Å². The van der Waals surface area contributed by atoms with Crippen molar-refractivity contribution in [1.82, 2.24) is 5.32 Å². The van der Waals surface area contributed by atoms with Gasteiger partial charge in [-0.15, -0.1) is 23.2 Å². The minimum Gasteiger partial charge on any atom is -0.378 e. The summed E-state index contributed by atoms with van der Waals surface area (Å²) in [6.45, 7) is 0.529. The molecule has 0 spiro atoms. The molecule has 0 aliphatic heterocycles. The summed E-state index contributed by atoms with van der Waals surface area (Å²) in [4.78, 5) is 21.0. The Labute approximate surface area is 171 Å². The molecule has 0 aliphatic carbocycles. The number of halogens is 4. The standard InChI is InChI=1S/C15H18Cl4N2O5/c16-5-7-25-9-12(20-15(22)14(18)19)13(26-8-6-17)10-1-3-11(4-2-10)21(23)24/h1-4,12-14H,5-9H2,(H,20,22). The van der Waals surface area contributed by atoms with Gasteiger partial charge in [0.2, 0.25) is 0 Å². The Kier molecular flexibility index (Phi) is 11.2. The highest BCUT2D eigenvalue weighted by atomic mass is 35.5. The molecular formula is C15H18Cl4N2O5. The minimum absolute atomic E-state index is 0.0644. The fourth-order valence-corrected chi connectivity index (χ4v) is 2.44. The van der Waals surface area contributed by atoms with Crippen LogP contribution >= 0.6 is 46.4 Å². The summed E-state index contributed by atoms with van der Waals surface area (Å²) in [5.41, 5.74) is 0.534. The van der Waals surface area contributed by atoms with E-state index >= 15 is 0 Å². The number of carbonyl (C=O) groups is 1. The summed E-state index contributed by atoms with van der Waals surface area (Å²) in [5, 5.41) is 13.5. The molecule has 0 saturated carbocycles. The Bertz CT molecular complexity index is 574. The number of nitro benzene ring substituents is 1. The summed E-state index contributed by atoms with van der Waals surface area (Å²) in [6, 6.07) is 5.11. The second kappa shape index (κ2) is 12.5. The Morgan fingerprint density at radius 2 is 1.77 bits per heavy atom. The van der Waals surface area contributed by atoms with Crippen LogP contribution in [-0.2, 0) is 14.3 Å². The van der Waals surface area contributed by atoms with E-state index in [1.807, 2.05) is 0 Å². The number of ether oxygens (including phenoxy) is 2. The van der Waals surface area contributed by atoms with Crippen LogP contribution in [0.5, 0.6) is 0 Å². The molecular weight excluding hydrogens is 430 g/mol. The van der Waals surface area contributed by atoms with Crippen molar-refractivity contribution in [3.63, 3.8) is 0 Å². The van der Waals surface area contributed by atoms with Crippen LogP contribution in [0.15, 0.2) is 24.3 Å². The second-order valence-corrected chi connectivity index (χ2v) is 6.86. The number of amides is 1. The molecule has 0 saturated heterocycles. The van der Waals surface area contributed by atoms with Gasteiger partial charge in [0.1, 0.15) is 6.10 Å². The van der Waals surface area contributed by atoms with Gasteiger partial charge in [-0.2, -0.15) is 0 Å². The van der Waals surface area contributed by atoms with Crippen molar-refractivity contribution < 1.29 is 19.2 Å². The average molecular weight is 448 g/mol. The fourth-order valence-electron chi connectivity index (χ4n) is 2.12. The number of carbonyl (C=O) groups excluding carboxylic acids is 1. The number of hydrogen-bond acceptors (Lipinski definition) is 5. The number of nitrogens with zero attached hydrogens (tertiary/aromatic N) is 1. The van der Waals surface area contributed by atoms with Gasteiger partial charge in [-0.3, -0.25) is 14.9 Å². The van der Waals surface area contributed by atoms with Gasteiger partial charge < -0.3 is 14.8 Å². The number of non-ortho nitro benzene ring substituents is 1. The van der Waals surface area contributed by atoms with Crippen LogP contribution in [0.4, 0.5) is 5.69 Å². The van der Waals surface area contributed by atoms with Crippen LogP contribution in [0.1, 0.15) is 11.7 Å². The topological polar surface area (TPSA) is 90.7 Å². The predicted octanol–water partition coefficient (Wildman–Crippen LogP) is 3.44. The molecule has 0 fully saturated rings.